The van der Waals surface area contributed by atoms with Gasteiger partial charge < -0.3 is 14.6 Å². The van der Waals surface area contributed by atoms with Gasteiger partial charge in [0.25, 0.3) is 0 Å². The fourth-order valence-corrected chi connectivity index (χ4v) is 4.88. The lowest BCUT2D eigenvalue weighted by molar-refractivity contribution is -0.138. The molecule has 160 valence electrons. The van der Waals surface area contributed by atoms with E-state index in [1.807, 2.05) is 18.2 Å². The second-order valence-corrected chi connectivity index (χ2v) is 8.36. The Morgan fingerprint density at radius 2 is 2.20 bits per heavy atom. The van der Waals surface area contributed by atoms with E-state index in [1.165, 1.54) is 16.7 Å². The lowest BCUT2D eigenvalue weighted by atomic mass is 9.84. The van der Waals surface area contributed by atoms with Crippen LogP contribution in [-0.2, 0) is 29.0 Å². The maximum Gasteiger partial charge on any atom is 0.304 e. The van der Waals surface area contributed by atoms with Gasteiger partial charge in [-0.05, 0) is 54.2 Å². The van der Waals surface area contributed by atoms with Crippen molar-refractivity contribution in [3.8, 4) is 5.75 Å². The van der Waals surface area contributed by atoms with Crippen LogP contribution in [0.15, 0.2) is 36.4 Å². The Morgan fingerprint density at radius 1 is 1.33 bits per heavy atom. The van der Waals surface area contributed by atoms with Gasteiger partial charge in [0.1, 0.15) is 12.4 Å². The Kier molecular flexibility index (Phi) is 6.61. The summed E-state index contributed by atoms with van der Waals surface area (Å²) in [6, 6.07) is 12.4. The van der Waals surface area contributed by atoms with Crippen molar-refractivity contribution < 1.29 is 19.4 Å². The molecule has 2 aromatic rings. The van der Waals surface area contributed by atoms with Crippen LogP contribution in [0.5, 0.6) is 5.75 Å². The summed E-state index contributed by atoms with van der Waals surface area (Å²) in [6.45, 7) is 4.57. The van der Waals surface area contributed by atoms with E-state index >= 15 is 0 Å². The van der Waals surface area contributed by atoms with E-state index in [-0.39, 0.29) is 18.6 Å². The van der Waals surface area contributed by atoms with Gasteiger partial charge in [-0.25, -0.2) is 0 Å². The summed E-state index contributed by atoms with van der Waals surface area (Å²) in [4.78, 5) is 13.3. The van der Waals surface area contributed by atoms with Crippen LogP contribution in [0.25, 0.3) is 0 Å². The smallest absolute Gasteiger partial charge is 0.304 e. The normalized spacial score (nSPS) is 21.0. The second-order valence-electron chi connectivity index (χ2n) is 7.96. The summed E-state index contributed by atoms with van der Waals surface area (Å²) >= 11 is 6.39. The van der Waals surface area contributed by atoms with E-state index in [4.69, 9.17) is 26.2 Å². The third-order valence-corrected chi connectivity index (χ3v) is 6.57. The number of carboxylic acids is 1. The first kappa shape index (κ1) is 21.2. The van der Waals surface area contributed by atoms with Crippen LogP contribution in [0, 0.1) is 0 Å². The average molecular weight is 430 g/mol. The lowest BCUT2D eigenvalue weighted by Crippen LogP contribution is -2.49. The van der Waals surface area contributed by atoms with Crippen LogP contribution in [0.4, 0.5) is 0 Å². The molecule has 2 unspecified atom stereocenters. The van der Waals surface area contributed by atoms with Crippen molar-refractivity contribution in [1.29, 1.82) is 0 Å². The molecule has 2 aliphatic rings. The number of aryl methyl sites for hydroxylation is 2. The molecule has 2 aromatic carbocycles. The van der Waals surface area contributed by atoms with Crippen LogP contribution in [0.2, 0.25) is 5.02 Å². The predicted octanol–water partition coefficient (Wildman–Crippen LogP) is 4.64. The van der Waals surface area contributed by atoms with Crippen molar-refractivity contribution in [2.75, 3.05) is 19.7 Å². The quantitative estimate of drug-likeness (QED) is 0.694. The van der Waals surface area contributed by atoms with Crippen LogP contribution in [0.3, 0.4) is 0 Å². The monoisotopic (exact) mass is 429 g/mol. The Hall–Kier alpha value is -2.08. The highest BCUT2D eigenvalue weighted by molar-refractivity contribution is 6.31. The lowest BCUT2D eigenvalue weighted by Gasteiger charge is -2.44. The van der Waals surface area contributed by atoms with Gasteiger partial charge in [0.2, 0.25) is 0 Å². The Morgan fingerprint density at radius 3 is 3.00 bits per heavy atom. The number of carbonyl (C=O) groups is 1. The molecule has 2 atom stereocenters. The largest absolute Gasteiger partial charge is 0.489 e. The van der Waals surface area contributed by atoms with E-state index < -0.39 is 5.97 Å². The van der Waals surface area contributed by atoms with Gasteiger partial charge in [-0.3, -0.25) is 9.69 Å². The van der Waals surface area contributed by atoms with Gasteiger partial charge in [-0.15, -0.1) is 0 Å². The molecule has 1 aliphatic carbocycles. The number of halogens is 1. The summed E-state index contributed by atoms with van der Waals surface area (Å²) in [6.07, 6.45) is 2.99. The van der Waals surface area contributed by atoms with Gasteiger partial charge >= 0.3 is 5.97 Å². The number of rotatable bonds is 7. The predicted molar refractivity (Wildman–Crippen MR) is 116 cm³/mol. The summed E-state index contributed by atoms with van der Waals surface area (Å²) in [5.74, 6) is 0.0912. The molecule has 0 spiro atoms. The molecule has 30 heavy (non-hydrogen) atoms. The first-order valence-corrected chi connectivity index (χ1v) is 11.0. The number of benzene rings is 2. The van der Waals surface area contributed by atoms with E-state index in [2.05, 4.69) is 30.0 Å². The Balaban J connectivity index is 1.47. The number of nitrogens with zero attached hydrogens (tertiary/aromatic N) is 1. The van der Waals surface area contributed by atoms with Gasteiger partial charge in [-0.2, -0.15) is 0 Å². The first-order valence-electron chi connectivity index (χ1n) is 10.7. The molecule has 1 saturated heterocycles. The highest BCUT2D eigenvalue weighted by atomic mass is 35.5. The number of ether oxygens (including phenoxy) is 2. The van der Waals surface area contributed by atoms with Crippen LogP contribution < -0.4 is 4.74 Å². The van der Waals surface area contributed by atoms with E-state index in [1.54, 1.807) is 0 Å². The SMILES string of the molecule is CCc1cccc(Cl)c1COc1ccc2c(c1)CCC1C2OCCN1CCC(=O)O. The maximum atomic E-state index is 11.0. The standard InChI is InChI=1S/C24H28ClNO4/c1-2-16-4-3-5-21(25)20(16)15-30-18-7-8-19-17(14-18)6-9-22-24(19)29-13-12-26(22)11-10-23(27)28/h3-5,7-8,14,22,24H,2,6,9-13,15H2,1H3,(H,27,28). The molecule has 1 aliphatic heterocycles. The highest BCUT2D eigenvalue weighted by Gasteiger charge is 2.37. The summed E-state index contributed by atoms with van der Waals surface area (Å²) in [5, 5.41) is 9.77. The van der Waals surface area contributed by atoms with Crippen molar-refractivity contribution >= 4 is 17.6 Å². The third kappa shape index (κ3) is 4.48. The summed E-state index contributed by atoms with van der Waals surface area (Å²) in [5.41, 5.74) is 4.71. The zero-order valence-corrected chi connectivity index (χ0v) is 18.0. The van der Waals surface area contributed by atoms with Gasteiger partial charge in [0.15, 0.2) is 0 Å². The molecule has 0 saturated carbocycles. The van der Waals surface area contributed by atoms with E-state index in [9.17, 15) is 4.79 Å². The molecule has 0 bridgehead atoms. The molecule has 1 heterocycles. The maximum absolute atomic E-state index is 11.0. The molecule has 1 fully saturated rings. The molecular weight excluding hydrogens is 402 g/mol. The molecule has 0 radical (unpaired) electrons. The van der Waals surface area contributed by atoms with Crippen LogP contribution >= 0.6 is 11.6 Å². The zero-order chi connectivity index (χ0) is 21.1. The number of morpholine rings is 1. The second kappa shape index (κ2) is 9.38. The fourth-order valence-electron chi connectivity index (χ4n) is 4.63. The molecule has 1 N–H and O–H groups in total. The van der Waals surface area contributed by atoms with Crippen LogP contribution in [-0.4, -0.2) is 41.7 Å². The van der Waals surface area contributed by atoms with E-state index in [0.29, 0.717) is 19.8 Å². The van der Waals surface area contributed by atoms with Crippen molar-refractivity contribution in [2.45, 2.75) is 51.4 Å². The summed E-state index contributed by atoms with van der Waals surface area (Å²) in [7, 11) is 0. The molecule has 6 heteroatoms. The fraction of sp³-hybridized carbons (Fsp3) is 0.458. The Bertz CT molecular complexity index is 916. The summed E-state index contributed by atoms with van der Waals surface area (Å²) < 4.78 is 12.2. The number of aliphatic carboxylic acids is 1. The van der Waals surface area contributed by atoms with Crippen LogP contribution in [0.1, 0.15) is 48.1 Å². The van der Waals surface area contributed by atoms with Crippen molar-refractivity contribution in [1.82, 2.24) is 4.90 Å². The van der Waals surface area contributed by atoms with Gasteiger partial charge in [0, 0.05) is 29.7 Å². The number of carboxylic acid groups (broad SMARTS) is 1. The van der Waals surface area contributed by atoms with Crippen molar-refractivity contribution in [3.05, 3.63) is 63.7 Å². The molecule has 4 rings (SSSR count). The minimum atomic E-state index is -0.749. The van der Waals surface area contributed by atoms with Gasteiger partial charge in [-0.1, -0.05) is 36.7 Å². The number of hydrogen-bond donors (Lipinski definition) is 1. The molecule has 0 amide bonds. The molecule has 5 nitrogen and oxygen atoms in total. The number of hydrogen-bond acceptors (Lipinski definition) is 4. The van der Waals surface area contributed by atoms with E-state index in [0.717, 1.165) is 42.1 Å². The topological polar surface area (TPSA) is 59.0 Å². The molecule has 0 aromatic heterocycles. The average Bonchev–Trinajstić information content (AvgIpc) is 2.76. The minimum absolute atomic E-state index is 0.000562. The first-order chi connectivity index (χ1) is 14.6. The van der Waals surface area contributed by atoms with Crippen molar-refractivity contribution in [2.24, 2.45) is 0 Å². The Labute approximate surface area is 182 Å². The highest BCUT2D eigenvalue weighted by Crippen LogP contribution is 2.39. The molecular formula is C24H28ClNO4. The number of fused-ring (bicyclic) bond motifs is 3. The third-order valence-electron chi connectivity index (χ3n) is 6.22. The zero-order valence-electron chi connectivity index (χ0n) is 17.3. The van der Waals surface area contributed by atoms with Crippen molar-refractivity contribution in [3.63, 3.8) is 0 Å². The minimum Gasteiger partial charge on any atom is -0.489 e. The van der Waals surface area contributed by atoms with Gasteiger partial charge in [0.05, 0.1) is 19.1 Å².